The normalized spacial score (nSPS) is 54.5. The maximum Gasteiger partial charge on any atom is 0.0617 e. The number of hydrogen-bond acceptors (Lipinski definition) is 2. The third-order valence-electron chi connectivity index (χ3n) is 11.1. The molecule has 0 aromatic carbocycles. The van der Waals surface area contributed by atoms with Gasteiger partial charge in [0.15, 0.2) is 0 Å². The van der Waals surface area contributed by atoms with Crippen LogP contribution in [0.2, 0.25) is 0 Å². The topological polar surface area (TPSA) is 46.2 Å². The van der Waals surface area contributed by atoms with Crippen molar-refractivity contribution in [2.24, 2.45) is 52.1 Å². The van der Waals surface area contributed by atoms with E-state index in [0.717, 1.165) is 18.8 Å². The van der Waals surface area contributed by atoms with Gasteiger partial charge in [0.25, 0.3) is 0 Å². The lowest BCUT2D eigenvalue weighted by atomic mass is 9.40. The molecule has 0 bridgehead atoms. The van der Waals surface area contributed by atoms with Crippen molar-refractivity contribution in [2.75, 3.05) is 0 Å². The molecule has 3 N–H and O–H groups in total. The molecule has 28 heavy (non-hydrogen) atoms. The van der Waals surface area contributed by atoms with Gasteiger partial charge >= 0.3 is 0 Å². The fourth-order valence-electron chi connectivity index (χ4n) is 9.47. The molecular formula is C26H47NO. The summed E-state index contributed by atoms with van der Waals surface area (Å²) in [6.45, 7) is 12.2. The third-order valence-corrected chi connectivity index (χ3v) is 11.1. The van der Waals surface area contributed by atoms with Gasteiger partial charge in [-0.05, 0) is 79.4 Å². The lowest BCUT2D eigenvalue weighted by Gasteiger charge is -2.67. The summed E-state index contributed by atoms with van der Waals surface area (Å²) in [7, 11) is 0. The largest absolute Gasteiger partial charge is 0.392 e. The standard InChI is InChI=1S/C26H47NO/c1-6-7-10-17(2)20-12-14-26(27)23-18(3)15-19-11-8-9-13-24(19,4)21(23)16-22(28)25(20,26)5/h17-23,28H,6-16,27H2,1-5H3/t17?,18-,19?,20?,21+,22+,23?,24?,25?,26-/m1/s1. The zero-order chi connectivity index (χ0) is 20.3. The molecule has 0 heterocycles. The summed E-state index contributed by atoms with van der Waals surface area (Å²) in [4.78, 5) is 0. The molecule has 4 aliphatic carbocycles. The first-order chi connectivity index (χ1) is 13.2. The SMILES string of the molecule is CCCCC(C)C1CC[C@@]2(N)C3[C@H](C)CC4CCCCC4(C)[C@H]3C[C@H](O)C12C. The Morgan fingerprint density at radius 1 is 1.11 bits per heavy atom. The van der Waals surface area contributed by atoms with Crippen molar-refractivity contribution in [2.45, 2.75) is 117 Å². The number of rotatable bonds is 4. The van der Waals surface area contributed by atoms with Crippen LogP contribution in [0.1, 0.15) is 105 Å². The van der Waals surface area contributed by atoms with E-state index < -0.39 is 0 Å². The molecule has 0 amide bonds. The van der Waals surface area contributed by atoms with Gasteiger partial charge in [-0.3, -0.25) is 0 Å². The molecule has 4 aliphatic rings. The molecule has 0 aromatic rings. The van der Waals surface area contributed by atoms with Gasteiger partial charge < -0.3 is 10.8 Å². The first-order valence-electron chi connectivity index (χ1n) is 12.7. The van der Waals surface area contributed by atoms with Crippen molar-refractivity contribution in [3.63, 3.8) is 0 Å². The highest BCUT2D eigenvalue weighted by Crippen LogP contribution is 2.70. The summed E-state index contributed by atoms with van der Waals surface area (Å²) in [5.74, 6) is 4.06. The van der Waals surface area contributed by atoms with E-state index in [-0.39, 0.29) is 17.1 Å². The molecular weight excluding hydrogens is 342 g/mol. The number of fused-ring (bicyclic) bond motifs is 5. The van der Waals surface area contributed by atoms with E-state index in [2.05, 4.69) is 34.6 Å². The summed E-state index contributed by atoms with van der Waals surface area (Å²) < 4.78 is 0. The Bertz CT molecular complexity index is 577. The minimum Gasteiger partial charge on any atom is -0.392 e. The molecule has 4 fully saturated rings. The molecule has 0 aromatic heterocycles. The summed E-state index contributed by atoms with van der Waals surface area (Å²) in [6.07, 6.45) is 14.0. The Labute approximate surface area is 174 Å². The van der Waals surface area contributed by atoms with Crippen LogP contribution < -0.4 is 5.73 Å². The van der Waals surface area contributed by atoms with Gasteiger partial charge in [-0.2, -0.15) is 0 Å². The highest BCUT2D eigenvalue weighted by Gasteiger charge is 2.70. The van der Waals surface area contributed by atoms with Gasteiger partial charge in [0, 0.05) is 11.0 Å². The highest BCUT2D eigenvalue weighted by atomic mass is 16.3. The number of unbranched alkanes of at least 4 members (excludes halogenated alkanes) is 1. The Kier molecular flexibility index (Phi) is 5.49. The lowest BCUT2D eigenvalue weighted by Crippen LogP contribution is -2.72. The molecule has 2 nitrogen and oxygen atoms in total. The molecule has 162 valence electrons. The Balaban J connectivity index is 1.69. The molecule has 0 spiro atoms. The molecule has 4 rings (SSSR count). The molecule has 0 saturated heterocycles. The van der Waals surface area contributed by atoms with Gasteiger partial charge in [-0.15, -0.1) is 0 Å². The van der Waals surface area contributed by atoms with Crippen molar-refractivity contribution in [1.29, 1.82) is 0 Å². The Morgan fingerprint density at radius 3 is 2.57 bits per heavy atom. The summed E-state index contributed by atoms with van der Waals surface area (Å²) in [6, 6.07) is 0. The van der Waals surface area contributed by atoms with Gasteiger partial charge in [0.2, 0.25) is 0 Å². The van der Waals surface area contributed by atoms with Crippen LogP contribution in [0.5, 0.6) is 0 Å². The zero-order valence-corrected chi connectivity index (χ0v) is 19.3. The van der Waals surface area contributed by atoms with Gasteiger partial charge in [0.05, 0.1) is 6.10 Å². The predicted octanol–water partition coefficient (Wildman–Crippen LogP) is 6.16. The molecule has 0 aliphatic heterocycles. The molecule has 0 radical (unpaired) electrons. The second kappa shape index (κ2) is 7.26. The van der Waals surface area contributed by atoms with E-state index in [4.69, 9.17) is 5.73 Å². The fourth-order valence-corrected chi connectivity index (χ4v) is 9.47. The quantitative estimate of drug-likeness (QED) is 0.605. The van der Waals surface area contributed by atoms with Crippen LogP contribution >= 0.6 is 0 Å². The van der Waals surface area contributed by atoms with Crippen LogP contribution in [0.4, 0.5) is 0 Å². The van der Waals surface area contributed by atoms with Crippen LogP contribution in [0.15, 0.2) is 0 Å². The first kappa shape index (κ1) is 21.2. The monoisotopic (exact) mass is 389 g/mol. The summed E-state index contributed by atoms with van der Waals surface area (Å²) in [5, 5.41) is 11.7. The van der Waals surface area contributed by atoms with Crippen molar-refractivity contribution >= 4 is 0 Å². The molecule has 4 saturated carbocycles. The van der Waals surface area contributed by atoms with Crippen molar-refractivity contribution in [1.82, 2.24) is 0 Å². The smallest absolute Gasteiger partial charge is 0.0617 e. The zero-order valence-electron chi connectivity index (χ0n) is 19.3. The highest BCUT2D eigenvalue weighted by molar-refractivity contribution is 5.22. The van der Waals surface area contributed by atoms with Crippen molar-refractivity contribution in [3.8, 4) is 0 Å². The number of aliphatic hydroxyl groups excluding tert-OH is 1. The van der Waals surface area contributed by atoms with Gasteiger partial charge in [-0.1, -0.05) is 66.7 Å². The van der Waals surface area contributed by atoms with Crippen LogP contribution in [-0.2, 0) is 0 Å². The maximum absolute atomic E-state index is 11.7. The second-order valence-electron chi connectivity index (χ2n) is 12.1. The predicted molar refractivity (Wildman–Crippen MR) is 118 cm³/mol. The van der Waals surface area contributed by atoms with Gasteiger partial charge in [-0.25, -0.2) is 0 Å². The van der Waals surface area contributed by atoms with Crippen LogP contribution in [0.25, 0.3) is 0 Å². The first-order valence-corrected chi connectivity index (χ1v) is 12.7. The van der Waals surface area contributed by atoms with E-state index in [9.17, 15) is 5.11 Å². The van der Waals surface area contributed by atoms with E-state index >= 15 is 0 Å². The molecule has 10 atom stereocenters. The average molecular weight is 390 g/mol. The average Bonchev–Trinajstić information content (AvgIpc) is 2.94. The Morgan fingerprint density at radius 2 is 1.86 bits per heavy atom. The van der Waals surface area contributed by atoms with Crippen LogP contribution in [-0.4, -0.2) is 16.7 Å². The number of hydrogen-bond donors (Lipinski definition) is 2. The van der Waals surface area contributed by atoms with E-state index in [0.29, 0.717) is 35.0 Å². The number of nitrogens with two attached hydrogens (primary N) is 1. The van der Waals surface area contributed by atoms with Crippen molar-refractivity contribution in [3.05, 3.63) is 0 Å². The summed E-state index contributed by atoms with van der Waals surface area (Å²) >= 11 is 0. The van der Waals surface area contributed by atoms with Gasteiger partial charge in [0.1, 0.15) is 0 Å². The molecule has 6 unspecified atom stereocenters. The van der Waals surface area contributed by atoms with Crippen LogP contribution in [0.3, 0.4) is 0 Å². The van der Waals surface area contributed by atoms with Crippen LogP contribution in [0, 0.1) is 46.3 Å². The Hall–Kier alpha value is -0.0800. The fraction of sp³-hybridized carbons (Fsp3) is 1.00. The minimum absolute atomic E-state index is 0.104. The van der Waals surface area contributed by atoms with E-state index in [1.807, 2.05) is 0 Å². The number of aliphatic hydroxyl groups is 1. The molecule has 2 heteroatoms. The lowest BCUT2D eigenvalue weighted by molar-refractivity contribution is -0.193. The minimum atomic E-state index is -0.222. The van der Waals surface area contributed by atoms with E-state index in [1.54, 1.807) is 0 Å². The second-order valence-corrected chi connectivity index (χ2v) is 12.1. The summed E-state index contributed by atoms with van der Waals surface area (Å²) in [5.41, 5.74) is 7.65. The maximum atomic E-state index is 11.7. The van der Waals surface area contributed by atoms with Crippen molar-refractivity contribution < 1.29 is 5.11 Å². The van der Waals surface area contributed by atoms with E-state index in [1.165, 1.54) is 57.8 Å². The third kappa shape index (κ3) is 2.72.